The maximum Gasteiger partial charge on any atom is 0.433 e. The fourth-order valence-corrected chi connectivity index (χ4v) is 5.35. The van der Waals surface area contributed by atoms with Crippen LogP contribution >= 0.6 is 0 Å². The van der Waals surface area contributed by atoms with E-state index < -0.39 is 51.0 Å². The van der Waals surface area contributed by atoms with Gasteiger partial charge in [0.05, 0.1) is 23.7 Å². The van der Waals surface area contributed by atoms with Gasteiger partial charge in [-0.05, 0) is 54.1 Å². The molecule has 0 radical (unpaired) electrons. The number of aromatic nitrogens is 1. The molecule has 0 spiro atoms. The lowest BCUT2D eigenvalue weighted by Gasteiger charge is -2.26. The van der Waals surface area contributed by atoms with Gasteiger partial charge >= 0.3 is 12.4 Å². The predicted molar refractivity (Wildman–Crippen MR) is 142 cm³/mol. The second kappa shape index (κ2) is 12.5. The van der Waals surface area contributed by atoms with Crippen LogP contribution in [0.5, 0.6) is 0 Å². The number of nitrogens with one attached hydrogen (secondary N) is 2. The number of nitrogens with zero attached hydrogens (tertiary/aromatic N) is 2. The predicted octanol–water partition coefficient (Wildman–Crippen LogP) is 4.80. The van der Waals surface area contributed by atoms with E-state index in [0.29, 0.717) is 12.1 Å². The molecule has 228 valence electrons. The van der Waals surface area contributed by atoms with E-state index in [9.17, 15) is 44.3 Å². The lowest BCUT2D eigenvalue weighted by atomic mass is 10.1. The fourth-order valence-electron chi connectivity index (χ4n) is 3.90. The number of halogens is 6. The number of ether oxygens (including phenoxy) is 1. The Morgan fingerprint density at radius 3 is 2.00 bits per heavy atom. The van der Waals surface area contributed by atoms with Gasteiger partial charge in [0.2, 0.25) is 10.0 Å². The van der Waals surface area contributed by atoms with E-state index in [4.69, 9.17) is 4.74 Å². The monoisotopic (exact) mass is 628 g/mol. The number of morpholine rings is 1. The number of rotatable bonds is 7. The summed E-state index contributed by atoms with van der Waals surface area (Å²) in [5.41, 5.74) is -3.51. The van der Waals surface area contributed by atoms with Gasteiger partial charge in [0.25, 0.3) is 11.8 Å². The van der Waals surface area contributed by atoms with E-state index in [2.05, 4.69) is 15.6 Å². The first kappa shape index (κ1) is 31.7. The summed E-state index contributed by atoms with van der Waals surface area (Å²) < 4.78 is 111. The molecule has 4 rings (SSSR count). The van der Waals surface area contributed by atoms with Crippen LogP contribution < -0.4 is 10.6 Å². The molecular weight excluding hydrogens is 606 g/mol. The molecule has 1 aliphatic rings. The third-order valence-electron chi connectivity index (χ3n) is 6.02. The van der Waals surface area contributed by atoms with Crippen molar-refractivity contribution in [2.75, 3.05) is 36.9 Å². The molecule has 0 atom stereocenters. The number of sulfonamides is 1. The minimum atomic E-state index is -4.75. The van der Waals surface area contributed by atoms with Gasteiger partial charge in [-0.1, -0.05) is 18.2 Å². The molecule has 2 heterocycles. The Bertz CT molecular complexity index is 1630. The summed E-state index contributed by atoms with van der Waals surface area (Å²) in [7, 11) is -3.96. The molecule has 43 heavy (non-hydrogen) atoms. The molecule has 3 aromatic rings. The van der Waals surface area contributed by atoms with E-state index in [1.54, 1.807) is 0 Å². The van der Waals surface area contributed by atoms with Crippen LogP contribution in [0.25, 0.3) is 6.08 Å². The summed E-state index contributed by atoms with van der Waals surface area (Å²) in [6.45, 7) is 0.624. The summed E-state index contributed by atoms with van der Waals surface area (Å²) in [4.78, 5) is 29.5. The minimum Gasteiger partial charge on any atom is -0.379 e. The van der Waals surface area contributed by atoms with Gasteiger partial charge in [0, 0.05) is 30.7 Å². The van der Waals surface area contributed by atoms with E-state index in [1.165, 1.54) is 22.5 Å². The number of hydrogen-bond donors (Lipinski definition) is 2. The van der Waals surface area contributed by atoms with Crippen molar-refractivity contribution in [3.63, 3.8) is 0 Å². The van der Waals surface area contributed by atoms with Crippen molar-refractivity contribution in [1.29, 1.82) is 0 Å². The zero-order valence-corrected chi connectivity index (χ0v) is 22.7. The first-order chi connectivity index (χ1) is 20.1. The zero-order chi connectivity index (χ0) is 31.4. The Balaban J connectivity index is 1.65. The van der Waals surface area contributed by atoms with Crippen molar-refractivity contribution in [2.45, 2.75) is 17.2 Å². The second-order valence-electron chi connectivity index (χ2n) is 9.06. The third-order valence-corrected chi connectivity index (χ3v) is 7.92. The van der Waals surface area contributed by atoms with Crippen LogP contribution in [0.1, 0.15) is 16.8 Å². The van der Waals surface area contributed by atoms with E-state index in [0.717, 1.165) is 42.6 Å². The maximum atomic E-state index is 13.3. The topological polar surface area (TPSA) is 118 Å². The summed E-state index contributed by atoms with van der Waals surface area (Å²) in [5, 5.41) is 4.53. The van der Waals surface area contributed by atoms with Gasteiger partial charge in [-0.25, -0.2) is 8.42 Å². The van der Waals surface area contributed by atoms with Gasteiger partial charge in [-0.15, -0.1) is 0 Å². The number of amides is 2. The average molecular weight is 629 g/mol. The van der Waals surface area contributed by atoms with Crippen molar-refractivity contribution >= 4 is 39.3 Å². The standard InChI is InChI=1S/C27H22F6N4O5S/c28-26(29,30)18-3-1-4-19(14-18)35-24(38)22(13-17-7-8-23(34-16-17)27(31,32)33)25(39)36-20-5-2-6-21(15-20)43(40,41)37-9-11-42-12-10-37/h1-8,13-16H,9-12H2,(H,35,38)(H,36,39)/b22-13-. The number of carbonyl (C=O) groups is 2. The molecule has 1 aliphatic heterocycles. The Hall–Kier alpha value is -4.28. The molecule has 2 aromatic carbocycles. The Morgan fingerprint density at radius 1 is 0.837 bits per heavy atom. The van der Waals surface area contributed by atoms with Gasteiger partial charge in [0.15, 0.2) is 0 Å². The Labute approximate surface area is 241 Å². The zero-order valence-electron chi connectivity index (χ0n) is 21.9. The number of hydrogen-bond acceptors (Lipinski definition) is 6. The van der Waals surface area contributed by atoms with Crippen LogP contribution in [0, 0.1) is 0 Å². The molecule has 9 nitrogen and oxygen atoms in total. The van der Waals surface area contributed by atoms with Crippen molar-refractivity contribution in [2.24, 2.45) is 0 Å². The minimum absolute atomic E-state index is 0.0531. The number of alkyl halides is 6. The molecule has 16 heteroatoms. The molecule has 2 amide bonds. The van der Waals surface area contributed by atoms with Crippen molar-refractivity contribution < 1.29 is 49.1 Å². The average Bonchev–Trinajstić information content (AvgIpc) is 2.96. The molecular formula is C27H22F6N4O5S. The summed E-state index contributed by atoms with van der Waals surface area (Å²) in [6.07, 6.45) is -7.84. The molecule has 2 N–H and O–H groups in total. The first-order valence-corrected chi connectivity index (χ1v) is 13.8. The SMILES string of the molecule is O=C(Nc1cccc(C(F)(F)F)c1)/C(=C/c1ccc(C(F)(F)F)nc1)C(=O)Nc1cccc(S(=O)(=O)N2CCOCC2)c1. The molecule has 0 unspecified atom stereocenters. The third kappa shape index (κ3) is 7.97. The van der Waals surface area contributed by atoms with E-state index in [-0.39, 0.29) is 48.1 Å². The molecule has 1 saturated heterocycles. The highest BCUT2D eigenvalue weighted by atomic mass is 32.2. The normalized spacial score (nSPS) is 15.2. The van der Waals surface area contributed by atoms with Gasteiger partial charge in [0.1, 0.15) is 11.3 Å². The van der Waals surface area contributed by atoms with Crippen LogP contribution in [0.3, 0.4) is 0 Å². The number of anilines is 2. The van der Waals surface area contributed by atoms with Crippen molar-refractivity contribution in [3.8, 4) is 0 Å². The van der Waals surface area contributed by atoms with Crippen molar-refractivity contribution in [3.05, 3.63) is 89.3 Å². The highest BCUT2D eigenvalue weighted by molar-refractivity contribution is 7.89. The number of pyridine rings is 1. The Kier molecular flexibility index (Phi) is 9.22. The van der Waals surface area contributed by atoms with E-state index in [1.807, 2.05) is 0 Å². The van der Waals surface area contributed by atoms with Crippen molar-refractivity contribution in [1.82, 2.24) is 9.29 Å². The lowest BCUT2D eigenvalue weighted by molar-refractivity contribution is -0.141. The molecule has 0 bridgehead atoms. The van der Waals surface area contributed by atoms with Crippen LogP contribution in [-0.2, 0) is 36.7 Å². The summed E-state index contributed by atoms with van der Waals surface area (Å²) >= 11 is 0. The molecule has 1 aromatic heterocycles. The van der Waals surface area contributed by atoms with Gasteiger partial charge in [-0.2, -0.15) is 30.6 Å². The van der Waals surface area contributed by atoms with Gasteiger partial charge in [-0.3, -0.25) is 14.6 Å². The van der Waals surface area contributed by atoms with Crippen LogP contribution in [0.2, 0.25) is 0 Å². The second-order valence-corrected chi connectivity index (χ2v) is 11.0. The highest BCUT2D eigenvalue weighted by Crippen LogP contribution is 2.31. The highest BCUT2D eigenvalue weighted by Gasteiger charge is 2.33. The quantitative estimate of drug-likeness (QED) is 0.168. The molecule has 0 aliphatic carbocycles. The number of carbonyl (C=O) groups excluding carboxylic acids is 2. The van der Waals surface area contributed by atoms with Crippen LogP contribution in [0.4, 0.5) is 37.7 Å². The molecule has 0 saturated carbocycles. The molecule has 1 fully saturated rings. The Morgan fingerprint density at radius 2 is 1.44 bits per heavy atom. The summed E-state index contributed by atoms with van der Waals surface area (Å²) in [5.74, 6) is -2.33. The smallest absolute Gasteiger partial charge is 0.379 e. The van der Waals surface area contributed by atoms with E-state index >= 15 is 0 Å². The largest absolute Gasteiger partial charge is 0.433 e. The number of benzene rings is 2. The lowest BCUT2D eigenvalue weighted by Crippen LogP contribution is -2.40. The maximum absolute atomic E-state index is 13.3. The van der Waals surface area contributed by atoms with Crippen LogP contribution in [0.15, 0.2) is 77.3 Å². The van der Waals surface area contributed by atoms with Crippen LogP contribution in [-0.4, -0.2) is 55.8 Å². The van der Waals surface area contributed by atoms with Gasteiger partial charge < -0.3 is 15.4 Å². The summed E-state index contributed by atoms with van der Waals surface area (Å²) in [6, 6.07) is 10.2. The first-order valence-electron chi connectivity index (χ1n) is 12.4. The fraction of sp³-hybridized carbons (Fsp3) is 0.222.